The highest BCUT2D eigenvalue weighted by Crippen LogP contribution is 2.30. The first-order valence-electron chi connectivity index (χ1n) is 8.20. The van der Waals surface area contributed by atoms with Gasteiger partial charge in [-0.3, -0.25) is 9.59 Å². The summed E-state index contributed by atoms with van der Waals surface area (Å²) >= 11 is 0. The molecule has 1 amide bonds. The summed E-state index contributed by atoms with van der Waals surface area (Å²) < 4.78 is 41.2. The van der Waals surface area contributed by atoms with Crippen molar-refractivity contribution in [3.05, 3.63) is 52.0 Å². The number of aromatic nitrogens is 3. The van der Waals surface area contributed by atoms with Gasteiger partial charge in [-0.2, -0.15) is 13.2 Å². The first kappa shape index (κ1) is 18.2. The molecule has 0 bridgehead atoms. The van der Waals surface area contributed by atoms with Gasteiger partial charge in [0.15, 0.2) is 5.69 Å². The van der Waals surface area contributed by atoms with E-state index in [1.165, 1.54) is 26.3 Å². The Bertz CT molecular complexity index is 885. The first-order valence-corrected chi connectivity index (χ1v) is 8.20. The van der Waals surface area contributed by atoms with Crippen LogP contribution in [0.4, 0.5) is 13.2 Å². The molecule has 3 heterocycles. The van der Waals surface area contributed by atoms with Crippen LogP contribution in [0.3, 0.4) is 0 Å². The van der Waals surface area contributed by atoms with Crippen LogP contribution >= 0.6 is 0 Å². The lowest BCUT2D eigenvalue weighted by Crippen LogP contribution is -2.36. The molecule has 6 nitrogen and oxygen atoms in total. The highest BCUT2D eigenvalue weighted by atomic mass is 19.4. The van der Waals surface area contributed by atoms with E-state index < -0.39 is 11.9 Å². The minimum atomic E-state index is -4.45. The van der Waals surface area contributed by atoms with Gasteiger partial charge in [-0.15, -0.1) is 0 Å². The van der Waals surface area contributed by atoms with Gasteiger partial charge in [-0.1, -0.05) is 0 Å². The average molecular weight is 368 g/mol. The molecule has 3 rings (SSSR count). The molecule has 0 fully saturated rings. The van der Waals surface area contributed by atoms with Crippen LogP contribution < -0.4 is 5.56 Å². The van der Waals surface area contributed by atoms with Crippen LogP contribution in [0.25, 0.3) is 0 Å². The second kappa shape index (κ2) is 6.62. The first-order chi connectivity index (χ1) is 12.1. The van der Waals surface area contributed by atoms with E-state index in [9.17, 15) is 22.8 Å². The standard InChI is InChI=1S/C17H19F3N4O2/c1-22-6-5-12(7-15(22)25)16(26)23(2)8-11-3-4-14-21-13(17(18,19)20)10-24(14)9-11/h5-7,10-11H,3-4,8-9H2,1-2H3/t11-/m1/s1. The molecule has 0 N–H and O–H groups in total. The van der Waals surface area contributed by atoms with Crippen molar-refractivity contribution in [1.29, 1.82) is 0 Å². The van der Waals surface area contributed by atoms with Crippen molar-refractivity contribution in [1.82, 2.24) is 19.0 Å². The molecule has 0 saturated carbocycles. The van der Waals surface area contributed by atoms with Gasteiger partial charge >= 0.3 is 6.18 Å². The molecule has 1 aliphatic heterocycles. The molecule has 1 aliphatic rings. The molecule has 0 unspecified atom stereocenters. The number of imidazole rings is 1. The van der Waals surface area contributed by atoms with Crippen molar-refractivity contribution in [3.8, 4) is 0 Å². The maximum Gasteiger partial charge on any atom is 0.434 e. The summed E-state index contributed by atoms with van der Waals surface area (Å²) in [4.78, 5) is 29.3. The molecule has 9 heteroatoms. The van der Waals surface area contributed by atoms with Crippen molar-refractivity contribution < 1.29 is 18.0 Å². The molecule has 26 heavy (non-hydrogen) atoms. The van der Waals surface area contributed by atoms with Crippen LogP contribution in [0.15, 0.2) is 29.3 Å². The lowest BCUT2D eigenvalue weighted by Gasteiger charge is -2.28. The summed E-state index contributed by atoms with van der Waals surface area (Å²) in [6, 6.07) is 2.86. The fraction of sp³-hybridized carbons (Fsp3) is 0.471. The van der Waals surface area contributed by atoms with Crippen LogP contribution in [-0.2, 0) is 26.2 Å². The molecule has 140 valence electrons. The van der Waals surface area contributed by atoms with Crippen molar-refractivity contribution in [2.24, 2.45) is 13.0 Å². The van der Waals surface area contributed by atoms with Gasteiger partial charge in [0.1, 0.15) is 5.82 Å². The Labute approximate surface area is 147 Å². The highest BCUT2D eigenvalue weighted by molar-refractivity contribution is 5.93. The molecule has 0 aliphatic carbocycles. The highest BCUT2D eigenvalue weighted by Gasteiger charge is 2.36. The maximum absolute atomic E-state index is 12.8. The van der Waals surface area contributed by atoms with E-state index in [1.807, 2.05) is 0 Å². The van der Waals surface area contributed by atoms with E-state index >= 15 is 0 Å². The molecular formula is C17H19F3N4O2. The second-order valence-electron chi connectivity index (χ2n) is 6.65. The van der Waals surface area contributed by atoms with E-state index in [2.05, 4.69) is 4.98 Å². The Kier molecular flexibility index (Phi) is 4.64. The van der Waals surface area contributed by atoms with E-state index in [-0.39, 0.29) is 17.4 Å². The zero-order valence-corrected chi connectivity index (χ0v) is 14.5. The van der Waals surface area contributed by atoms with Gasteiger partial charge < -0.3 is 14.0 Å². The number of hydrogen-bond acceptors (Lipinski definition) is 3. The molecular weight excluding hydrogens is 349 g/mol. The fourth-order valence-electron chi connectivity index (χ4n) is 3.17. The quantitative estimate of drug-likeness (QED) is 0.832. The Morgan fingerprint density at radius 1 is 1.42 bits per heavy atom. The number of carbonyl (C=O) groups is 1. The monoisotopic (exact) mass is 368 g/mol. The van der Waals surface area contributed by atoms with E-state index in [4.69, 9.17) is 0 Å². The minimum absolute atomic E-state index is 0.0262. The Hall–Kier alpha value is -2.58. The number of nitrogens with zero attached hydrogens (tertiary/aromatic N) is 4. The lowest BCUT2D eigenvalue weighted by molar-refractivity contribution is -0.141. The largest absolute Gasteiger partial charge is 0.434 e. The van der Waals surface area contributed by atoms with Crippen LogP contribution in [0.1, 0.15) is 28.3 Å². The number of halogens is 3. The van der Waals surface area contributed by atoms with Crippen LogP contribution in [-0.4, -0.2) is 38.5 Å². The summed E-state index contributed by atoms with van der Waals surface area (Å²) in [6.45, 7) is 0.777. The Morgan fingerprint density at radius 2 is 2.15 bits per heavy atom. The van der Waals surface area contributed by atoms with Crippen LogP contribution in [0, 0.1) is 5.92 Å². The normalized spacial score (nSPS) is 17.0. The number of amides is 1. The Balaban J connectivity index is 1.68. The zero-order chi connectivity index (χ0) is 19.1. The molecule has 1 atom stereocenters. The van der Waals surface area contributed by atoms with Crippen molar-refractivity contribution >= 4 is 5.91 Å². The fourth-order valence-corrected chi connectivity index (χ4v) is 3.17. The summed E-state index contributed by atoms with van der Waals surface area (Å²) in [5.74, 6) is 0.169. The van der Waals surface area contributed by atoms with Gasteiger partial charge in [0.25, 0.3) is 11.5 Å². The lowest BCUT2D eigenvalue weighted by atomic mass is 9.98. The number of carbonyl (C=O) groups excluding carboxylic acids is 1. The summed E-state index contributed by atoms with van der Waals surface area (Å²) in [5.41, 5.74) is -0.851. The number of aryl methyl sites for hydroxylation is 2. The molecule has 0 aromatic carbocycles. The van der Waals surface area contributed by atoms with Crippen molar-refractivity contribution in [2.75, 3.05) is 13.6 Å². The predicted molar refractivity (Wildman–Crippen MR) is 87.7 cm³/mol. The Morgan fingerprint density at radius 3 is 2.81 bits per heavy atom. The number of pyridine rings is 1. The van der Waals surface area contributed by atoms with Gasteiger partial charge in [0.2, 0.25) is 0 Å². The maximum atomic E-state index is 12.8. The second-order valence-corrected chi connectivity index (χ2v) is 6.65. The zero-order valence-electron chi connectivity index (χ0n) is 14.5. The summed E-state index contributed by atoms with van der Waals surface area (Å²) in [7, 11) is 3.23. The molecule has 0 radical (unpaired) electrons. The van der Waals surface area contributed by atoms with Gasteiger partial charge in [-0.25, -0.2) is 4.98 Å². The van der Waals surface area contributed by atoms with E-state index in [0.29, 0.717) is 37.3 Å². The smallest absolute Gasteiger partial charge is 0.341 e. The minimum Gasteiger partial charge on any atom is -0.341 e. The third-order valence-corrected chi connectivity index (χ3v) is 4.61. The summed E-state index contributed by atoms with van der Waals surface area (Å²) in [6.07, 6.45) is -0.798. The third kappa shape index (κ3) is 3.66. The predicted octanol–water partition coefficient (Wildman–Crippen LogP) is 1.94. The van der Waals surface area contributed by atoms with Crippen molar-refractivity contribution in [3.63, 3.8) is 0 Å². The van der Waals surface area contributed by atoms with Gasteiger partial charge in [0, 0.05) is 57.6 Å². The van der Waals surface area contributed by atoms with Gasteiger partial charge in [0.05, 0.1) is 0 Å². The summed E-state index contributed by atoms with van der Waals surface area (Å²) in [5, 5.41) is 0. The topological polar surface area (TPSA) is 60.1 Å². The number of hydrogen-bond donors (Lipinski definition) is 0. The van der Waals surface area contributed by atoms with Crippen molar-refractivity contribution in [2.45, 2.75) is 25.6 Å². The molecule has 2 aromatic heterocycles. The molecule has 2 aromatic rings. The van der Waals surface area contributed by atoms with E-state index in [1.54, 1.807) is 20.2 Å². The number of rotatable bonds is 3. The van der Waals surface area contributed by atoms with E-state index in [0.717, 1.165) is 6.20 Å². The number of fused-ring (bicyclic) bond motifs is 1. The third-order valence-electron chi connectivity index (χ3n) is 4.61. The average Bonchev–Trinajstić information content (AvgIpc) is 3.00. The molecule has 0 saturated heterocycles. The number of alkyl halides is 3. The van der Waals surface area contributed by atoms with Gasteiger partial charge in [-0.05, 0) is 18.4 Å². The van der Waals surface area contributed by atoms with Crippen LogP contribution in [0.5, 0.6) is 0 Å². The molecule has 0 spiro atoms. The van der Waals surface area contributed by atoms with Crippen LogP contribution in [0.2, 0.25) is 0 Å². The SMILES string of the molecule is CN(C[C@H]1CCc2nc(C(F)(F)F)cn2C1)C(=O)c1ccn(C)c(=O)c1.